The molecule has 1 aliphatic carbocycles. The van der Waals surface area contributed by atoms with E-state index in [2.05, 4.69) is 237 Å². The zero-order valence-corrected chi connectivity index (χ0v) is 37.7. The Morgan fingerprint density at radius 2 is 0.783 bits per heavy atom. The van der Waals surface area contributed by atoms with E-state index in [1.54, 1.807) is 0 Å². The second kappa shape index (κ2) is 16.7. The first kappa shape index (κ1) is 40.2. The van der Waals surface area contributed by atoms with Crippen molar-refractivity contribution in [1.82, 2.24) is 15.0 Å². The van der Waals surface area contributed by atoms with Crippen LogP contribution < -0.4 is 0 Å². The van der Waals surface area contributed by atoms with Gasteiger partial charge in [0, 0.05) is 38.4 Å². The largest absolute Gasteiger partial charge is 0.247 e. The fourth-order valence-electron chi connectivity index (χ4n) is 10.8. The molecular formula is C66H43N3. The summed E-state index contributed by atoms with van der Waals surface area (Å²) in [6.07, 6.45) is 0. The van der Waals surface area contributed by atoms with Gasteiger partial charge < -0.3 is 0 Å². The average Bonchev–Trinajstić information content (AvgIpc) is 3.75. The molecule has 2 heterocycles. The molecule has 0 radical (unpaired) electrons. The highest BCUT2D eigenvalue weighted by atomic mass is 14.9. The van der Waals surface area contributed by atoms with Crippen LogP contribution in [-0.2, 0) is 5.41 Å². The van der Waals surface area contributed by atoms with E-state index in [-0.39, 0.29) is 0 Å². The molecule has 0 N–H and O–H groups in total. The van der Waals surface area contributed by atoms with Gasteiger partial charge in [-0.15, -0.1) is 0 Å². The van der Waals surface area contributed by atoms with Crippen molar-refractivity contribution in [3.63, 3.8) is 0 Å². The molecule has 0 atom stereocenters. The zero-order valence-electron chi connectivity index (χ0n) is 37.7. The van der Waals surface area contributed by atoms with Gasteiger partial charge in [-0.3, -0.25) is 0 Å². The minimum atomic E-state index is -0.496. The predicted molar refractivity (Wildman–Crippen MR) is 285 cm³/mol. The molecule has 0 fully saturated rings. The minimum Gasteiger partial charge on any atom is -0.247 e. The molecule has 0 saturated heterocycles. The van der Waals surface area contributed by atoms with E-state index in [4.69, 9.17) is 15.0 Å². The Kier molecular flexibility index (Phi) is 9.73. The quantitative estimate of drug-likeness (QED) is 0.143. The molecule has 12 aromatic rings. The van der Waals surface area contributed by atoms with Gasteiger partial charge >= 0.3 is 0 Å². The molecule has 0 saturated carbocycles. The average molecular weight is 878 g/mol. The highest BCUT2D eigenvalue weighted by molar-refractivity contribution is 6.19. The molecule has 0 aliphatic heterocycles. The van der Waals surface area contributed by atoms with Crippen molar-refractivity contribution in [3.8, 4) is 78.5 Å². The molecule has 10 aromatic carbocycles. The summed E-state index contributed by atoms with van der Waals surface area (Å²) in [5.41, 5.74) is 19.5. The summed E-state index contributed by atoms with van der Waals surface area (Å²) in [4.78, 5) is 15.7. The number of hydrogen-bond acceptors (Lipinski definition) is 3. The highest BCUT2D eigenvalue weighted by Gasteiger charge is 2.46. The third-order valence-corrected chi connectivity index (χ3v) is 14.0. The van der Waals surface area contributed by atoms with Crippen molar-refractivity contribution in [2.24, 2.45) is 0 Å². The van der Waals surface area contributed by atoms with Gasteiger partial charge in [-0.25, -0.2) is 15.0 Å². The smallest absolute Gasteiger partial charge is 0.160 e. The first-order valence-corrected chi connectivity index (χ1v) is 23.6. The van der Waals surface area contributed by atoms with Crippen molar-refractivity contribution in [2.45, 2.75) is 5.41 Å². The van der Waals surface area contributed by atoms with Gasteiger partial charge in [-0.1, -0.05) is 243 Å². The number of pyridine rings is 1. The molecule has 2 aromatic heterocycles. The fraction of sp³-hybridized carbons (Fsp3) is 0.0152. The Labute approximate surface area is 401 Å². The van der Waals surface area contributed by atoms with Gasteiger partial charge in [0.25, 0.3) is 0 Å². The van der Waals surface area contributed by atoms with Crippen LogP contribution in [-0.4, -0.2) is 15.0 Å². The van der Waals surface area contributed by atoms with E-state index in [0.717, 1.165) is 66.8 Å². The lowest BCUT2D eigenvalue weighted by Crippen LogP contribution is -2.28. The van der Waals surface area contributed by atoms with E-state index in [1.165, 1.54) is 49.9 Å². The number of benzene rings is 10. The van der Waals surface area contributed by atoms with E-state index in [0.29, 0.717) is 5.82 Å². The molecule has 1 aliphatic rings. The van der Waals surface area contributed by atoms with Crippen LogP contribution in [0.1, 0.15) is 22.3 Å². The number of aromatic nitrogens is 3. The first-order chi connectivity index (χ1) is 34.2. The van der Waals surface area contributed by atoms with Gasteiger partial charge in [0.2, 0.25) is 0 Å². The highest BCUT2D eigenvalue weighted by Crippen LogP contribution is 2.58. The Morgan fingerprint density at radius 3 is 1.43 bits per heavy atom. The van der Waals surface area contributed by atoms with Crippen LogP contribution in [0.15, 0.2) is 261 Å². The summed E-state index contributed by atoms with van der Waals surface area (Å²) >= 11 is 0. The third kappa shape index (κ3) is 6.78. The summed E-state index contributed by atoms with van der Waals surface area (Å²) in [5, 5.41) is 3.52. The fourth-order valence-corrected chi connectivity index (χ4v) is 10.8. The summed E-state index contributed by atoms with van der Waals surface area (Å²) < 4.78 is 0. The Balaban J connectivity index is 0.918. The second-order valence-corrected chi connectivity index (χ2v) is 17.8. The number of fused-ring (bicyclic) bond motifs is 7. The molecular weight excluding hydrogens is 835 g/mol. The predicted octanol–water partition coefficient (Wildman–Crippen LogP) is 16.5. The SMILES string of the molecule is c1ccc(-c2ccc(-c3cc(-c4ccc(-c5cccc(-c6nc7ccccc7c7c8c(ccc67)C(c6ccccc6)(c6ccccc6)c6ccccc6-8)c5)cc4)nc(-c4ccccc4)n3)cc2)cc1. The van der Waals surface area contributed by atoms with Crippen molar-refractivity contribution >= 4 is 21.7 Å². The normalized spacial score (nSPS) is 12.5. The number of hydrogen-bond donors (Lipinski definition) is 0. The van der Waals surface area contributed by atoms with Crippen LogP contribution in [0.5, 0.6) is 0 Å². The maximum Gasteiger partial charge on any atom is 0.160 e. The van der Waals surface area contributed by atoms with Crippen molar-refractivity contribution in [1.29, 1.82) is 0 Å². The Hall–Kier alpha value is -9.05. The van der Waals surface area contributed by atoms with Crippen LogP contribution in [0, 0.1) is 0 Å². The summed E-state index contributed by atoms with van der Waals surface area (Å²) in [7, 11) is 0. The van der Waals surface area contributed by atoms with Crippen molar-refractivity contribution < 1.29 is 0 Å². The number of para-hydroxylation sites is 1. The lowest BCUT2D eigenvalue weighted by Gasteiger charge is -2.34. The minimum absolute atomic E-state index is 0.496. The standard InChI is InChI=1S/C66H43N3/c1-5-18-44(19-6-1)45-32-36-47(37-33-45)60-43-61(69-65(68-60)49-20-7-2-8-21-49)48-38-34-46(35-39-48)50-22-17-23-51(42-50)64-56-40-41-58-63(62(56)55-29-14-16-31-59(55)67-64)54-28-13-15-30-57(54)66(58,52-24-9-3-10-25-52)53-26-11-4-12-27-53/h1-43H. The third-order valence-electron chi connectivity index (χ3n) is 14.0. The van der Waals surface area contributed by atoms with E-state index in [9.17, 15) is 0 Å². The lowest BCUT2D eigenvalue weighted by atomic mass is 9.67. The molecule has 0 unspecified atom stereocenters. The molecule has 3 nitrogen and oxygen atoms in total. The van der Waals surface area contributed by atoms with E-state index < -0.39 is 5.41 Å². The van der Waals surface area contributed by atoms with Crippen molar-refractivity contribution in [2.75, 3.05) is 0 Å². The van der Waals surface area contributed by atoms with Crippen LogP contribution >= 0.6 is 0 Å². The van der Waals surface area contributed by atoms with Crippen molar-refractivity contribution in [3.05, 3.63) is 283 Å². The lowest BCUT2D eigenvalue weighted by molar-refractivity contribution is 0.769. The molecule has 322 valence electrons. The van der Waals surface area contributed by atoms with Gasteiger partial charge in [0.1, 0.15) is 0 Å². The molecule has 13 rings (SSSR count). The second-order valence-electron chi connectivity index (χ2n) is 17.8. The van der Waals surface area contributed by atoms with E-state index in [1.807, 2.05) is 24.3 Å². The summed E-state index contributed by atoms with van der Waals surface area (Å²) in [6, 6.07) is 93.5. The topological polar surface area (TPSA) is 38.7 Å². The van der Waals surface area contributed by atoms with Gasteiger partial charge in [-0.05, 0) is 73.8 Å². The van der Waals surface area contributed by atoms with Gasteiger partial charge in [-0.2, -0.15) is 0 Å². The summed E-state index contributed by atoms with van der Waals surface area (Å²) in [6.45, 7) is 0. The molecule has 69 heavy (non-hydrogen) atoms. The maximum atomic E-state index is 5.47. The van der Waals surface area contributed by atoms with Gasteiger partial charge in [0.15, 0.2) is 5.82 Å². The monoisotopic (exact) mass is 877 g/mol. The Morgan fingerprint density at radius 1 is 0.290 bits per heavy atom. The molecule has 0 amide bonds. The molecule has 0 spiro atoms. The van der Waals surface area contributed by atoms with Crippen LogP contribution in [0.25, 0.3) is 100 Å². The molecule has 3 heteroatoms. The number of rotatable bonds is 8. The number of nitrogens with zero attached hydrogens (tertiary/aromatic N) is 3. The van der Waals surface area contributed by atoms with Crippen LogP contribution in [0.3, 0.4) is 0 Å². The zero-order chi connectivity index (χ0) is 45.7. The van der Waals surface area contributed by atoms with E-state index >= 15 is 0 Å². The van der Waals surface area contributed by atoms with Crippen LogP contribution in [0.4, 0.5) is 0 Å². The Bertz CT molecular complexity index is 3810. The summed E-state index contributed by atoms with van der Waals surface area (Å²) in [5.74, 6) is 0.696. The van der Waals surface area contributed by atoms with Crippen LogP contribution in [0.2, 0.25) is 0 Å². The first-order valence-electron chi connectivity index (χ1n) is 23.6. The maximum absolute atomic E-state index is 5.47. The van der Waals surface area contributed by atoms with Gasteiger partial charge in [0.05, 0.1) is 28.0 Å². The molecule has 0 bridgehead atoms.